The SMILES string of the molecule is CNCc1ccccc1OCC(=O)Nc1cccc(F)c1. The summed E-state index contributed by atoms with van der Waals surface area (Å²) >= 11 is 0. The standard InChI is InChI=1S/C16H17FN2O2/c1-18-10-12-5-2-3-8-15(12)21-11-16(20)19-14-7-4-6-13(17)9-14/h2-9,18H,10-11H2,1H3,(H,19,20). The van der Waals surface area contributed by atoms with E-state index in [0.717, 1.165) is 5.56 Å². The average Bonchev–Trinajstić information content (AvgIpc) is 2.47. The topological polar surface area (TPSA) is 50.4 Å². The molecule has 0 saturated heterocycles. The minimum Gasteiger partial charge on any atom is -0.483 e. The molecule has 2 aromatic rings. The Hall–Kier alpha value is -2.40. The zero-order valence-corrected chi connectivity index (χ0v) is 11.7. The van der Waals surface area contributed by atoms with Gasteiger partial charge in [-0.25, -0.2) is 4.39 Å². The molecule has 5 heteroatoms. The van der Waals surface area contributed by atoms with Gasteiger partial charge in [-0.1, -0.05) is 24.3 Å². The maximum absolute atomic E-state index is 13.0. The first-order chi connectivity index (χ1) is 10.2. The van der Waals surface area contributed by atoms with Gasteiger partial charge in [-0.15, -0.1) is 0 Å². The molecule has 0 bridgehead atoms. The van der Waals surface area contributed by atoms with E-state index in [9.17, 15) is 9.18 Å². The van der Waals surface area contributed by atoms with E-state index in [-0.39, 0.29) is 12.5 Å². The first kappa shape index (κ1) is 15.0. The molecule has 0 aliphatic heterocycles. The summed E-state index contributed by atoms with van der Waals surface area (Å²) in [5, 5.41) is 5.62. The molecule has 0 unspecified atom stereocenters. The van der Waals surface area contributed by atoms with Crippen molar-refractivity contribution in [2.24, 2.45) is 0 Å². The van der Waals surface area contributed by atoms with E-state index in [2.05, 4.69) is 10.6 Å². The number of nitrogens with one attached hydrogen (secondary N) is 2. The summed E-state index contributed by atoms with van der Waals surface area (Å²) in [6, 6.07) is 13.2. The van der Waals surface area contributed by atoms with Gasteiger partial charge in [0.25, 0.3) is 5.91 Å². The first-order valence-corrected chi connectivity index (χ1v) is 6.60. The van der Waals surface area contributed by atoms with Crippen molar-refractivity contribution in [3.05, 3.63) is 59.9 Å². The summed E-state index contributed by atoms with van der Waals surface area (Å²) in [5.74, 6) is -0.0748. The van der Waals surface area contributed by atoms with Crippen LogP contribution in [-0.4, -0.2) is 19.6 Å². The van der Waals surface area contributed by atoms with Crippen molar-refractivity contribution in [1.82, 2.24) is 5.32 Å². The molecular formula is C16H17FN2O2. The molecule has 110 valence electrons. The predicted molar refractivity (Wildman–Crippen MR) is 79.7 cm³/mol. The van der Waals surface area contributed by atoms with Gasteiger partial charge < -0.3 is 15.4 Å². The number of carbonyl (C=O) groups excluding carboxylic acids is 1. The lowest BCUT2D eigenvalue weighted by atomic mass is 10.2. The summed E-state index contributed by atoms with van der Waals surface area (Å²) in [4.78, 5) is 11.8. The third-order valence-corrected chi connectivity index (χ3v) is 2.81. The van der Waals surface area contributed by atoms with E-state index in [1.807, 2.05) is 31.3 Å². The van der Waals surface area contributed by atoms with Crippen molar-refractivity contribution in [2.45, 2.75) is 6.54 Å². The number of halogens is 1. The highest BCUT2D eigenvalue weighted by atomic mass is 19.1. The van der Waals surface area contributed by atoms with Crippen LogP contribution in [0.1, 0.15) is 5.56 Å². The van der Waals surface area contributed by atoms with Crippen LogP contribution in [0.4, 0.5) is 10.1 Å². The molecule has 0 saturated carbocycles. The van der Waals surface area contributed by atoms with E-state index >= 15 is 0 Å². The fraction of sp³-hybridized carbons (Fsp3) is 0.188. The third kappa shape index (κ3) is 4.57. The lowest BCUT2D eigenvalue weighted by molar-refractivity contribution is -0.118. The second-order valence-electron chi connectivity index (χ2n) is 4.49. The van der Waals surface area contributed by atoms with Crippen LogP contribution >= 0.6 is 0 Å². The maximum Gasteiger partial charge on any atom is 0.262 e. The van der Waals surface area contributed by atoms with E-state index in [1.54, 1.807) is 6.07 Å². The molecule has 0 aromatic heterocycles. The average molecular weight is 288 g/mol. The smallest absolute Gasteiger partial charge is 0.262 e. The molecule has 0 radical (unpaired) electrons. The molecule has 0 spiro atoms. The molecular weight excluding hydrogens is 271 g/mol. The number of hydrogen-bond donors (Lipinski definition) is 2. The van der Waals surface area contributed by atoms with Crippen molar-refractivity contribution in [3.63, 3.8) is 0 Å². The molecule has 0 atom stereocenters. The number of anilines is 1. The van der Waals surface area contributed by atoms with Gasteiger partial charge in [-0.05, 0) is 31.3 Å². The van der Waals surface area contributed by atoms with Crippen LogP contribution in [-0.2, 0) is 11.3 Å². The number of rotatable bonds is 6. The molecule has 0 heterocycles. The van der Waals surface area contributed by atoms with Crippen LogP contribution in [0.2, 0.25) is 0 Å². The van der Waals surface area contributed by atoms with Gasteiger partial charge in [0.15, 0.2) is 6.61 Å². The van der Waals surface area contributed by atoms with E-state index in [4.69, 9.17) is 4.74 Å². The van der Waals surface area contributed by atoms with E-state index < -0.39 is 5.82 Å². The Balaban J connectivity index is 1.92. The predicted octanol–water partition coefficient (Wildman–Crippen LogP) is 2.56. The Kier molecular flexibility index (Phi) is 5.29. The van der Waals surface area contributed by atoms with E-state index in [1.165, 1.54) is 18.2 Å². The fourth-order valence-corrected chi connectivity index (χ4v) is 1.89. The van der Waals surface area contributed by atoms with Crippen molar-refractivity contribution in [1.29, 1.82) is 0 Å². The van der Waals surface area contributed by atoms with Crippen LogP contribution in [0, 0.1) is 5.82 Å². The van der Waals surface area contributed by atoms with Gasteiger partial charge in [0.2, 0.25) is 0 Å². The lowest BCUT2D eigenvalue weighted by Crippen LogP contribution is -2.21. The molecule has 21 heavy (non-hydrogen) atoms. The van der Waals surface area contributed by atoms with Crippen LogP contribution < -0.4 is 15.4 Å². The highest BCUT2D eigenvalue weighted by molar-refractivity contribution is 5.91. The summed E-state index contributed by atoms with van der Waals surface area (Å²) in [5.41, 5.74) is 1.38. The summed E-state index contributed by atoms with van der Waals surface area (Å²) in [7, 11) is 1.84. The number of para-hydroxylation sites is 1. The quantitative estimate of drug-likeness (QED) is 0.859. The first-order valence-electron chi connectivity index (χ1n) is 6.60. The van der Waals surface area contributed by atoms with Gasteiger partial charge in [-0.3, -0.25) is 4.79 Å². The van der Waals surface area contributed by atoms with Gasteiger partial charge in [-0.2, -0.15) is 0 Å². The molecule has 0 aliphatic rings. The Labute approximate surface area is 122 Å². The van der Waals surface area contributed by atoms with Crippen molar-refractivity contribution in [3.8, 4) is 5.75 Å². The Morgan fingerprint density at radius 1 is 1.19 bits per heavy atom. The zero-order valence-electron chi connectivity index (χ0n) is 11.7. The normalized spacial score (nSPS) is 10.2. The third-order valence-electron chi connectivity index (χ3n) is 2.81. The summed E-state index contributed by atoms with van der Waals surface area (Å²) in [6.07, 6.45) is 0. The number of benzene rings is 2. The minimum absolute atomic E-state index is 0.128. The van der Waals surface area contributed by atoms with Crippen molar-refractivity contribution < 1.29 is 13.9 Å². The number of hydrogen-bond acceptors (Lipinski definition) is 3. The summed E-state index contributed by atoms with van der Waals surface area (Å²) < 4.78 is 18.5. The van der Waals surface area contributed by atoms with Crippen LogP contribution in [0.25, 0.3) is 0 Å². The molecule has 0 fully saturated rings. The van der Waals surface area contributed by atoms with Gasteiger partial charge in [0, 0.05) is 17.8 Å². The molecule has 2 aromatic carbocycles. The second kappa shape index (κ2) is 7.40. The zero-order chi connectivity index (χ0) is 15.1. The van der Waals surface area contributed by atoms with Gasteiger partial charge in [0.1, 0.15) is 11.6 Å². The van der Waals surface area contributed by atoms with Crippen molar-refractivity contribution >= 4 is 11.6 Å². The van der Waals surface area contributed by atoms with Crippen molar-refractivity contribution in [2.75, 3.05) is 19.0 Å². The highest BCUT2D eigenvalue weighted by Gasteiger charge is 2.07. The number of ether oxygens (including phenoxy) is 1. The monoisotopic (exact) mass is 288 g/mol. The molecule has 2 rings (SSSR count). The largest absolute Gasteiger partial charge is 0.483 e. The second-order valence-corrected chi connectivity index (χ2v) is 4.49. The van der Waals surface area contributed by atoms with Crippen LogP contribution in [0.3, 0.4) is 0 Å². The van der Waals surface area contributed by atoms with E-state index in [0.29, 0.717) is 18.0 Å². The Bertz CT molecular complexity index is 617. The number of amides is 1. The van der Waals surface area contributed by atoms with Gasteiger partial charge in [0.05, 0.1) is 0 Å². The highest BCUT2D eigenvalue weighted by Crippen LogP contribution is 2.17. The summed E-state index contributed by atoms with van der Waals surface area (Å²) in [6.45, 7) is 0.527. The fourth-order valence-electron chi connectivity index (χ4n) is 1.89. The maximum atomic E-state index is 13.0. The van der Waals surface area contributed by atoms with Crippen LogP contribution in [0.5, 0.6) is 5.75 Å². The minimum atomic E-state index is -0.395. The Morgan fingerprint density at radius 3 is 2.76 bits per heavy atom. The Morgan fingerprint density at radius 2 is 2.00 bits per heavy atom. The van der Waals surface area contributed by atoms with Gasteiger partial charge >= 0.3 is 0 Å². The number of carbonyl (C=O) groups is 1. The molecule has 0 aliphatic carbocycles. The molecule has 4 nitrogen and oxygen atoms in total. The molecule has 2 N–H and O–H groups in total. The molecule has 1 amide bonds. The van der Waals surface area contributed by atoms with Crippen LogP contribution in [0.15, 0.2) is 48.5 Å². The lowest BCUT2D eigenvalue weighted by Gasteiger charge is -2.11.